The molecular weight excluding hydrogens is 1350 g/mol. The molecular formula is C103H66N6O2. The van der Waals surface area contributed by atoms with E-state index in [1.165, 1.54) is 38.9 Å². The molecule has 18 aromatic rings. The Morgan fingerprint density at radius 3 is 1.21 bits per heavy atom. The summed E-state index contributed by atoms with van der Waals surface area (Å²) in [6, 6.07) is 133. The third-order valence-corrected chi connectivity index (χ3v) is 22.3. The number of nitrogens with zero attached hydrogens (tertiary/aromatic N) is 6. The molecule has 2 aliphatic heterocycles. The van der Waals surface area contributed by atoms with E-state index in [0.717, 1.165) is 146 Å². The number of fused-ring (bicyclic) bond motifs is 15. The summed E-state index contributed by atoms with van der Waals surface area (Å²) < 4.78 is 14.4. The van der Waals surface area contributed by atoms with Gasteiger partial charge in [0, 0.05) is 57.3 Å². The highest BCUT2D eigenvalue weighted by Gasteiger charge is 2.52. The van der Waals surface area contributed by atoms with Crippen molar-refractivity contribution in [3.05, 3.63) is 421 Å². The van der Waals surface area contributed by atoms with Crippen LogP contribution in [-0.2, 0) is 18.3 Å². The summed E-state index contributed by atoms with van der Waals surface area (Å²) in [7, 11) is 0. The first kappa shape index (κ1) is 64.8. The number of benzene rings is 16. The van der Waals surface area contributed by atoms with Gasteiger partial charge in [0.15, 0.2) is 34.9 Å². The monoisotopic (exact) mass is 1420 g/mol. The van der Waals surface area contributed by atoms with Crippen LogP contribution in [0.2, 0.25) is 0 Å². The van der Waals surface area contributed by atoms with E-state index in [1.54, 1.807) is 0 Å². The summed E-state index contributed by atoms with van der Waals surface area (Å²) in [6.07, 6.45) is 1.40. The lowest BCUT2D eigenvalue weighted by molar-refractivity contribution is 0.436. The van der Waals surface area contributed by atoms with Gasteiger partial charge in [-0.1, -0.05) is 346 Å². The second-order valence-corrected chi connectivity index (χ2v) is 28.7. The maximum Gasteiger partial charge on any atom is 0.164 e. The van der Waals surface area contributed by atoms with Crippen LogP contribution in [0.5, 0.6) is 23.0 Å². The predicted molar refractivity (Wildman–Crippen MR) is 446 cm³/mol. The van der Waals surface area contributed by atoms with E-state index in [0.29, 0.717) is 41.4 Å². The summed E-state index contributed by atoms with van der Waals surface area (Å²) in [4.78, 5) is 32.1. The maximum absolute atomic E-state index is 7.20. The summed E-state index contributed by atoms with van der Waals surface area (Å²) in [5.74, 6) is 6.65. The van der Waals surface area contributed by atoms with Crippen LogP contribution >= 0.6 is 0 Å². The summed E-state index contributed by atoms with van der Waals surface area (Å²) in [6.45, 7) is 0. The van der Waals surface area contributed by atoms with E-state index in [1.807, 2.05) is 36.4 Å². The third-order valence-electron chi connectivity index (χ3n) is 22.3. The lowest BCUT2D eigenvalue weighted by atomic mass is 9.66. The first-order chi connectivity index (χ1) is 55.0. The topological polar surface area (TPSA) is 95.8 Å². The number of ether oxygens (including phenoxy) is 2. The lowest BCUT2D eigenvalue weighted by Crippen LogP contribution is -2.32. The maximum atomic E-state index is 7.20. The zero-order valence-corrected chi connectivity index (χ0v) is 60.2. The van der Waals surface area contributed by atoms with Gasteiger partial charge in [-0.3, -0.25) is 0 Å². The van der Waals surface area contributed by atoms with Gasteiger partial charge in [0.2, 0.25) is 0 Å². The number of rotatable bonds is 10. The number of hydrogen-bond acceptors (Lipinski definition) is 8. The molecule has 3 aliphatic rings. The summed E-state index contributed by atoms with van der Waals surface area (Å²) in [5.41, 5.74) is 26.7. The van der Waals surface area contributed by atoms with Crippen molar-refractivity contribution < 1.29 is 9.47 Å². The Bertz CT molecular complexity index is 6730. The van der Waals surface area contributed by atoms with E-state index in [4.69, 9.17) is 39.4 Å². The largest absolute Gasteiger partial charge is 0.457 e. The zero-order chi connectivity index (χ0) is 73.4. The molecule has 0 saturated heterocycles. The van der Waals surface area contributed by atoms with Gasteiger partial charge in [0.1, 0.15) is 23.0 Å². The molecule has 0 radical (unpaired) electrons. The van der Waals surface area contributed by atoms with Crippen molar-refractivity contribution in [2.45, 2.75) is 18.3 Å². The van der Waals surface area contributed by atoms with Crippen LogP contribution < -0.4 is 9.47 Å². The molecule has 0 amide bonds. The molecule has 8 heteroatoms. The Morgan fingerprint density at radius 2 is 0.568 bits per heavy atom. The van der Waals surface area contributed by atoms with Gasteiger partial charge >= 0.3 is 0 Å². The van der Waals surface area contributed by atoms with Gasteiger partial charge in [0.25, 0.3) is 0 Å². The van der Waals surface area contributed by atoms with Crippen molar-refractivity contribution in [2.24, 2.45) is 0 Å². The minimum atomic E-state index is -0.754. The normalized spacial score (nSPS) is 13.5. The van der Waals surface area contributed by atoms with Crippen LogP contribution in [0.3, 0.4) is 0 Å². The quantitative estimate of drug-likeness (QED) is 0.134. The Morgan fingerprint density at radius 1 is 0.189 bits per heavy atom. The van der Waals surface area contributed by atoms with Crippen molar-refractivity contribution in [3.8, 4) is 158 Å². The molecule has 2 aromatic heterocycles. The molecule has 0 bridgehead atoms. The van der Waals surface area contributed by atoms with Crippen LogP contribution in [0, 0.1) is 0 Å². The lowest BCUT2D eigenvalue weighted by Gasteiger charge is -2.39. The smallest absolute Gasteiger partial charge is 0.164 e. The zero-order valence-electron chi connectivity index (χ0n) is 60.2. The van der Waals surface area contributed by atoms with Gasteiger partial charge in [-0.05, 0) is 141 Å². The Hall–Kier alpha value is -14.6. The molecule has 21 rings (SSSR count). The molecule has 1 atom stereocenters. The number of aromatic nitrogens is 6. The van der Waals surface area contributed by atoms with Crippen LogP contribution in [0.4, 0.5) is 0 Å². The van der Waals surface area contributed by atoms with Crippen LogP contribution in [0.25, 0.3) is 146 Å². The van der Waals surface area contributed by atoms with E-state index in [-0.39, 0.29) is 0 Å². The van der Waals surface area contributed by atoms with Gasteiger partial charge < -0.3 is 9.47 Å². The molecule has 0 saturated carbocycles. The first-order valence-electron chi connectivity index (χ1n) is 37.7. The molecule has 111 heavy (non-hydrogen) atoms. The summed E-state index contributed by atoms with van der Waals surface area (Å²) in [5, 5.41) is 2.27. The standard InChI is InChI=1S/C103H66N6O2/c1-3-27-66(28-4-1)78-35-14-17-40-84(78)101-106-98(107-102(109-101)86-42-19-15-38-81(86)73-55-56-76-62-72-33-10-13-37-80(72)79-36-12-9-32-71(79)61-75-34-11-23-48-92(75)110-94(76)63-73)69-53-51-67(52-54-69)83-44-25-47-91-96(83)87-43-20-21-45-88(87)103(91)89-46-22-24-49-93(89)111-95-64-74(58-59-90(95)103)82-39-16-18-41-85(82)100-105-97(68-29-5-2-6-30-68)104-99(108-100)77-57-50-65-26-7-8-31-70(65)60-77/h1-60,63-64H,61-62H2. The molecule has 1 spiro atoms. The Kier molecular flexibility index (Phi) is 15.8. The minimum Gasteiger partial charge on any atom is -0.457 e. The number of para-hydroxylation sites is 2. The molecule has 0 N–H and O–H groups in total. The van der Waals surface area contributed by atoms with Crippen molar-refractivity contribution in [1.29, 1.82) is 0 Å². The molecule has 16 aromatic carbocycles. The van der Waals surface area contributed by atoms with Crippen molar-refractivity contribution >= 4 is 10.8 Å². The van der Waals surface area contributed by atoms with E-state index < -0.39 is 5.41 Å². The third kappa shape index (κ3) is 11.3. The Balaban J connectivity index is 0.671. The molecule has 520 valence electrons. The highest BCUT2D eigenvalue weighted by molar-refractivity contribution is 5.98. The molecule has 1 unspecified atom stereocenters. The highest BCUT2D eigenvalue weighted by Crippen LogP contribution is 2.64. The van der Waals surface area contributed by atoms with Crippen molar-refractivity contribution in [3.63, 3.8) is 0 Å². The van der Waals surface area contributed by atoms with Crippen LogP contribution in [0.1, 0.15) is 44.5 Å². The molecule has 1 aliphatic carbocycles. The van der Waals surface area contributed by atoms with E-state index in [9.17, 15) is 0 Å². The molecule has 0 fully saturated rings. The first-order valence-corrected chi connectivity index (χ1v) is 37.7. The van der Waals surface area contributed by atoms with E-state index in [2.05, 4.69) is 340 Å². The van der Waals surface area contributed by atoms with Crippen LogP contribution in [0.15, 0.2) is 376 Å². The molecule has 8 nitrogen and oxygen atoms in total. The van der Waals surface area contributed by atoms with Crippen LogP contribution in [-0.4, -0.2) is 29.9 Å². The second kappa shape index (κ2) is 27.0. The minimum absolute atomic E-state index is 0.551. The number of hydrogen-bond donors (Lipinski definition) is 0. The van der Waals surface area contributed by atoms with Gasteiger partial charge in [-0.15, -0.1) is 0 Å². The molecule has 4 heterocycles. The average molecular weight is 1420 g/mol. The fourth-order valence-corrected chi connectivity index (χ4v) is 17.1. The summed E-state index contributed by atoms with van der Waals surface area (Å²) >= 11 is 0. The van der Waals surface area contributed by atoms with Gasteiger partial charge in [-0.25, -0.2) is 29.9 Å². The fraction of sp³-hybridized carbons (Fsp3) is 0.0291. The van der Waals surface area contributed by atoms with Crippen molar-refractivity contribution in [1.82, 2.24) is 29.9 Å². The van der Waals surface area contributed by atoms with Crippen molar-refractivity contribution in [2.75, 3.05) is 0 Å². The Labute approximate surface area is 643 Å². The van der Waals surface area contributed by atoms with Gasteiger partial charge in [0.05, 0.1) is 5.41 Å². The van der Waals surface area contributed by atoms with Gasteiger partial charge in [-0.2, -0.15) is 0 Å². The fourth-order valence-electron chi connectivity index (χ4n) is 17.1. The SMILES string of the molecule is c1ccc(-c2nc(-c3ccc4ccccc4c3)nc(-c3ccccc3-c3ccc4c(c3)Oc3ccccc3C43c4ccccc4-c4c(-c5ccc(-c6nc(-c7ccccc7-c7ccccc7)nc(-c7ccccc7-c7ccc8c(c7)Oc7ccccc7Cc7ccccc7-c7ccccc7C8)n6)cc5)cccc43)n2)cc1. The van der Waals surface area contributed by atoms with E-state index >= 15 is 0 Å². The predicted octanol–water partition coefficient (Wildman–Crippen LogP) is 25.3. The highest BCUT2D eigenvalue weighted by atomic mass is 16.5. The second-order valence-electron chi connectivity index (χ2n) is 28.7. The average Bonchev–Trinajstić information content (AvgIpc) is 1.54.